The number of thioether (sulfide) groups is 1. The summed E-state index contributed by atoms with van der Waals surface area (Å²) in [4.78, 5) is 18.7. The van der Waals surface area contributed by atoms with Crippen LogP contribution < -0.4 is 5.32 Å². The first-order chi connectivity index (χ1) is 12.2. The molecule has 0 bridgehead atoms. The van der Waals surface area contributed by atoms with E-state index < -0.39 is 0 Å². The topological polar surface area (TPSA) is 71.0 Å². The van der Waals surface area contributed by atoms with E-state index in [-0.39, 0.29) is 5.91 Å². The summed E-state index contributed by atoms with van der Waals surface area (Å²) in [5, 5.41) is 13.4. The summed E-state index contributed by atoms with van der Waals surface area (Å²) in [6.07, 6.45) is 2.41. The van der Waals surface area contributed by atoms with Crippen LogP contribution in [0.3, 0.4) is 0 Å². The molecule has 0 aliphatic heterocycles. The average molecular weight is 392 g/mol. The Kier molecular flexibility index (Phi) is 4.87. The molecule has 0 spiro atoms. The highest BCUT2D eigenvalue weighted by Crippen LogP contribution is 2.30. The Labute approximate surface area is 157 Å². The van der Waals surface area contributed by atoms with Crippen molar-refractivity contribution in [2.75, 3.05) is 18.1 Å². The number of benzene rings is 1. The van der Waals surface area contributed by atoms with Crippen molar-refractivity contribution in [1.29, 1.82) is 0 Å². The molecule has 25 heavy (non-hydrogen) atoms. The molecule has 0 saturated heterocycles. The van der Waals surface area contributed by atoms with Crippen LogP contribution in [0, 0.1) is 0 Å². The third-order valence-corrected chi connectivity index (χ3v) is 6.76. The van der Waals surface area contributed by atoms with E-state index in [0.717, 1.165) is 24.7 Å². The lowest BCUT2D eigenvalue weighted by Crippen LogP contribution is -2.27. The highest BCUT2D eigenvalue weighted by molar-refractivity contribution is 8.01. The van der Waals surface area contributed by atoms with Gasteiger partial charge in [-0.25, -0.2) is 4.98 Å². The second-order valence-electron chi connectivity index (χ2n) is 5.91. The SMILES string of the molecule is CN(Cc1nc2ccccc2s1)C(=O)CSc1nnc(NC2CC2)s1. The Morgan fingerprint density at radius 1 is 1.32 bits per heavy atom. The fourth-order valence-corrected chi connectivity index (χ4v) is 5.03. The lowest BCUT2D eigenvalue weighted by Gasteiger charge is -2.14. The number of aromatic nitrogens is 3. The number of fused-ring (bicyclic) bond motifs is 1. The number of carbonyl (C=O) groups excluding carboxylic acids is 1. The lowest BCUT2D eigenvalue weighted by atomic mass is 10.3. The Bertz CT molecular complexity index is 856. The van der Waals surface area contributed by atoms with Crippen molar-refractivity contribution in [3.8, 4) is 0 Å². The van der Waals surface area contributed by atoms with Gasteiger partial charge in [-0.15, -0.1) is 21.5 Å². The average Bonchev–Trinajstić information content (AvgIpc) is 3.15. The summed E-state index contributed by atoms with van der Waals surface area (Å²) in [7, 11) is 1.81. The number of rotatable bonds is 7. The minimum Gasteiger partial charge on any atom is -0.357 e. The van der Waals surface area contributed by atoms with Crippen molar-refractivity contribution in [3.05, 3.63) is 29.3 Å². The van der Waals surface area contributed by atoms with Gasteiger partial charge in [0.2, 0.25) is 11.0 Å². The highest BCUT2D eigenvalue weighted by Gasteiger charge is 2.22. The number of amides is 1. The summed E-state index contributed by atoms with van der Waals surface area (Å²) < 4.78 is 1.97. The van der Waals surface area contributed by atoms with Gasteiger partial charge in [-0.05, 0) is 25.0 Å². The number of hydrogen-bond donors (Lipinski definition) is 1. The summed E-state index contributed by atoms with van der Waals surface area (Å²) in [6.45, 7) is 0.531. The Balaban J connectivity index is 1.30. The van der Waals surface area contributed by atoms with Crippen molar-refractivity contribution in [2.24, 2.45) is 0 Å². The highest BCUT2D eigenvalue weighted by atomic mass is 32.2. The quantitative estimate of drug-likeness (QED) is 0.622. The molecular weight excluding hydrogens is 374 g/mol. The van der Waals surface area contributed by atoms with E-state index >= 15 is 0 Å². The first kappa shape index (κ1) is 16.7. The van der Waals surface area contributed by atoms with E-state index in [4.69, 9.17) is 0 Å². The predicted octanol–water partition coefficient (Wildman–Crippen LogP) is 3.47. The van der Waals surface area contributed by atoms with Crippen LogP contribution in [0.1, 0.15) is 17.8 Å². The number of carbonyl (C=O) groups is 1. The molecule has 130 valence electrons. The fourth-order valence-electron chi connectivity index (χ4n) is 2.24. The molecule has 2 aromatic heterocycles. The van der Waals surface area contributed by atoms with Gasteiger partial charge in [0, 0.05) is 13.1 Å². The van der Waals surface area contributed by atoms with Gasteiger partial charge in [0.05, 0.1) is 22.5 Å². The summed E-state index contributed by atoms with van der Waals surface area (Å²) in [6, 6.07) is 8.59. The molecular formula is C16H17N5OS3. The molecule has 1 N–H and O–H groups in total. The second kappa shape index (κ2) is 7.27. The third-order valence-electron chi connectivity index (χ3n) is 3.77. The normalized spacial score (nSPS) is 14.0. The Morgan fingerprint density at radius 3 is 2.96 bits per heavy atom. The van der Waals surface area contributed by atoms with Gasteiger partial charge in [-0.3, -0.25) is 4.79 Å². The zero-order valence-corrected chi connectivity index (χ0v) is 16.1. The second-order valence-corrected chi connectivity index (χ2v) is 9.22. The van der Waals surface area contributed by atoms with Gasteiger partial charge >= 0.3 is 0 Å². The van der Waals surface area contributed by atoms with Crippen molar-refractivity contribution in [3.63, 3.8) is 0 Å². The molecule has 1 aliphatic rings. The fraction of sp³-hybridized carbons (Fsp3) is 0.375. The van der Waals surface area contributed by atoms with E-state index in [2.05, 4.69) is 26.6 Å². The number of anilines is 1. The van der Waals surface area contributed by atoms with E-state index in [1.54, 1.807) is 16.2 Å². The van der Waals surface area contributed by atoms with Gasteiger partial charge in [0.15, 0.2) is 4.34 Å². The molecule has 1 amide bonds. The van der Waals surface area contributed by atoms with Gasteiger partial charge in [-0.2, -0.15) is 0 Å². The van der Waals surface area contributed by atoms with Crippen LogP contribution >= 0.6 is 34.4 Å². The maximum absolute atomic E-state index is 12.4. The van der Waals surface area contributed by atoms with Crippen molar-refractivity contribution in [1.82, 2.24) is 20.1 Å². The van der Waals surface area contributed by atoms with Crippen LogP contribution in [0.25, 0.3) is 10.2 Å². The first-order valence-corrected chi connectivity index (χ1v) is 10.6. The maximum atomic E-state index is 12.4. The molecule has 6 nitrogen and oxygen atoms in total. The van der Waals surface area contributed by atoms with Gasteiger partial charge in [0.1, 0.15) is 5.01 Å². The molecule has 9 heteroatoms. The zero-order chi connectivity index (χ0) is 17.2. The van der Waals surface area contributed by atoms with Gasteiger partial charge < -0.3 is 10.2 Å². The molecule has 2 heterocycles. The first-order valence-electron chi connectivity index (χ1n) is 7.98. The van der Waals surface area contributed by atoms with Gasteiger partial charge in [-0.1, -0.05) is 35.2 Å². The lowest BCUT2D eigenvalue weighted by molar-refractivity contribution is -0.127. The van der Waals surface area contributed by atoms with Crippen LogP contribution in [-0.4, -0.2) is 44.8 Å². The molecule has 0 atom stereocenters. The smallest absolute Gasteiger partial charge is 0.233 e. The van der Waals surface area contributed by atoms with E-state index in [1.165, 1.54) is 35.9 Å². The summed E-state index contributed by atoms with van der Waals surface area (Å²) in [5.74, 6) is 0.426. The molecule has 4 rings (SSSR count). The number of thiazole rings is 1. The molecule has 1 saturated carbocycles. The van der Waals surface area contributed by atoms with Crippen LogP contribution in [-0.2, 0) is 11.3 Å². The molecule has 0 unspecified atom stereocenters. The molecule has 1 fully saturated rings. The van der Waals surface area contributed by atoms with E-state index in [9.17, 15) is 4.79 Å². The standard InChI is InChI=1S/C16H17N5OS3/c1-21(8-13-18-11-4-2-3-5-12(11)24-13)14(22)9-23-16-20-19-15(25-16)17-10-6-7-10/h2-5,10H,6-9H2,1H3,(H,17,19). The van der Waals surface area contributed by atoms with Crippen LogP contribution in [0.4, 0.5) is 5.13 Å². The van der Waals surface area contributed by atoms with Gasteiger partial charge in [0.25, 0.3) is 0 Å². The van der Waals surface area contributed by atoms with Crippen LogP contribution in [0.15, 0.2) is 28.6 Å². The number of nitrogens with zero attached hydrogens (tertiary/aromatic N) is 4. The summed E-state index contributed by atoms with van der Waals surface area (Å²) in [5.41, 5.74) is 0.988. The van der Waals surface area contributed by atoms with E-state index in [0.29, 0.717) is 18.3 Å². The van der Waals surface area contributed by atoms with Crippen molar-refractivity contribution in [2.45, 2.75) is 29.8 Å². The van der Waals surface area contributed by atoms with Crippen LogP contribution in [0.2, 0.25) is 0 Å². The Morgan fingerprint density at radius 2 is 2.16 bits per heavy atom. The van der Waals surface area contributed by atoms with Crippen molar-refractivity contribution >= 4 is 55.7 Å². The largest absolute Gasteiger partial charge is 0.357 e. The Hall–Kier alpha value is -1.71. The molecule has 1 aromatic carbocycles. The number of hydrogen-bond acceptors (Lipinski definition) is 8. The maximum Gasteiger partial charge on any atom is 0.233 e. The number of nitrogens with one attached hydrogen (secondary N) is 1. The predicted molar refractivity (Wildman–Crippen MR) is 103 cm³/mol. The minimum absolute atomic E-state index is 0.0659. The molecule has 3 aromatic rings. The van der Waals surface area contributed by atoms with E-state index in [1.807, 2.05) is 25.2 Å². The monoisotopic (exact) mass is 391 g/mol. The summed E-state index contributed by atoms with van der Waals surface area (Å²) >= 11 is 4.58. The third kappa shape index (κ3) is 4.28. The molecule has 1 aliphatic carbocycles. The minimum atomic E-state index is 0.0659. The van der Waals surface area contributed by atoms with Crippen LogP contribution in [0.5, 0.6) is 0 Å². The number of para-hydroxylation sites is 1. The zero-order valence-electron chi connectivity index (χ0n) is 13.6. The van der Waals surface area contributed by atoms with Crippen molar-refractivity contribution < 1.29 is 4.79 Å². The molecule has 0 radical (unpaired) electrons.